The molecular weight excluding hydrogens is 236 g/mol. The highest BCUT2D eigenvalue weighted by Gasteiger charge is 2.03. The van der Waals surface area contributed by atoms with Crippen LogP contribution in [0.5, 0.6) is 0 Å². The van der Waals surface area contributed by atoms with Gasteiger partial charge in [-0.3, -0.25) is 4.79 Å². The lowest BCUT2D eigenvalue weighted by Crippen LogP contribution is -2.27. The first-order valence-electron chi connectivity index (χ1n) is 5.84. The van der Waals surface area contributed by atoms with E-state index in [9.17, 15) is 4.79 Å². The molecule has 0 fully saturated rings. The van der Waals surface area contributed by atoms with Gasteiger partial charge in [0, 0.05) is 24.0 Å². The molecule has 4 heteroatoms. The molecule has 0 saturated carbocycles. The Bertz CT molecular complexity index is 366. The van der Waals surface area contributed by atoms with Crippen LogP contribution in [0.15, 0.2) is 24.3 Å². The van der Waals surface area contributed by atoms with Crippen molar-refractivity contribution in [3.8, 4) is 0 Å². The third kappa shape index (κ3) is 6.29. The first-order valence-corrected chi connectivity index (χ1v) is 6.22. The van der Waals surface area contributed by atoms with Crippen molar-refractivity contribution in [1.29, 1.82) is 0 Å². The Labute approximate surface area is 107 Å². The van der Waals surface area contributed by atoms with E-state index in [-0.39, 0.29) is 11.9 Å². The van der Waals surface area contributed by atoms with Gasteiger partial charge in [-0.15, -0.1) is 0 Å². The van der Waals surface area contributed by atoms with Crippen LogP contribution in [0.2, 0.25) is 5.02 Å². The van der Waals surface area contributed by atoms with E-state index >= 15 is 0 Å². The molecule has 0 aliphatic heterocycles. The summed E-state index contributed by atoms with van der Waals surface area (Å²) in [7, 11) is 0. The molecule has 1 atom stereocenters. The average Bonchev–Trinajstić information content (AvgIpc) is 2.26. The molecule has 0 spiro atoms. The molecule has 94 valence electrons. The summed E-state index contributed by atoms with van der Waals surface area (Å²) >= 11 is 5.87. The third-order valence-electron chi connectivity index (χ3n) is 2.45. The van der Waals surface area contributed by atoms with Gasteiger partial charge in [0.2, 0.25) is 5.91 Å². The molecular formula is C13H19ClN2O. The highest BCUT2D eigenvalue weighted by Crippen LogP contribution is 2.10. The van der Waals surface area contributed by atoms with Crippen LogP contribution >= 0.6 is 11.6 Å². The van der Waals surface area contributed by atoms with E-state index in [4.69, 9.17) is 17.3 Å². The van der Waals surface area contributed by atoms with Crippen molar-refractivity contribution < 1.29 is 4.79 Å². The van der Waals surface area contributed by atoms with Gasteiger partial charge >= 0.3 is 0 Å². The summed E-state index contributed by atoms with van der Waals surface area (Å²) in [5.74, 6) is 0.0596. The molecule has 1 rings (SSSR count). The summed E-state index contributed by atoms with van der Waals surface area (Å²) in [5, 5.41) is 3.60. The van der Waals surface area contributed by atoms with Crippen LogP contribution in [0.3, 0.4) is 0 Å². The lowest BCUT2D eigenvalue weighted by molar-refractivity contribution is -0.121. The van der Waals surface area contributed by atoms with Gasteiger partial charge in [-0.05, 0) is 37.5 Å². The monoisotopic (exact) mass is 254 g/mol. The number of nitrogens with one attached hydrogen (secondary N) is 1. The van der Waals surface area contributed by atoms with E-state index in [1.54, 1.807) is 0 Å². The van der Waals surface area contributed by atoms with Gasteiger partial charge < -0.3 is 11.1 Å². The molecule has 1 aromatic carbocycles. The number of carbonyl (C=O) groups excluding carboxylic acids is 1. The van der Waals surface area contributed by atoms with Crippen molar-refractivity contribution in [3.63, 3.8) is 0 Å². The topological polar surface area (TPSA) is 55.1 Å². The van der Waals surface area contributed by atoms with Crippen LogP contribution in [0.25, 0.3) is 0 Å². The minimum absolute atomic E-state index is 0.0596. The summed E-state index contributed by atoms with van der Waals surface area (Å²) < 4.78 is 0. The summed E-state index contributed by atoms with van der Waals surface area (Å²) in [4.78, 5) is 11.4. The lowest BCUT2D eigenvalue weighted by Gasteiger charge is -2.07. The van der Waals surface area contributed by atoms with Crippen LogP contribution in [-0.2, 0) is 11.2 Å². The molecule has 1 unspecified atom stereocenters. The van der Waals surface area contributed by atoms with Crippen molar-refractivity contribution in [2.45, 2.75) is 32.2 Å². The maximum Gasteiger partial charge on any atom is 0.220 e. The second-order valence-electron chi connectivity index (χ2n) is 4.25. The standard InChI is InChI=1S/C13H19ClN2O/c1-10(15)5-6-13(17)16-8-7-11-3-2-4-12(14)9-11/h2-4,9-10H,5-8,15H2,1H3,(H,16,17). The highest BCUT2D eigenvalue weighted by atomic mass is 35.5. The Hall–Kier alpha value is -1.06. The number of benzene rings is 1. The predicted molar refractivity (Wildman–Crippen MR) is 71.0 cm³/mol. The molecule has 0 radical (unpaired) electrons. The zero-order chi connectivity index (χ0) is 12.7. The zero-order valence-electron chi connectivity index (χ0n) is 10.1. The van der Waals surface area contributed by atoms with Crippen molar-refractivity contribution in [3.05, 3.63) is 34.9 Å². The van der Waals surface area contributed by atoms with E-state index in [1.807, 2.05) is 31.2 Å². The molecule has 0 aliphatic rings. The summed E-state index contributed by atoms with van der Waals surface area (Å²) in [6, 6.07) is 7.74. The maximum absolute atomic E-state index is 11.4. The molecule has 1 amide bonds. The number of nitrogens with two attached hydrogens (primary N) is 1. The largest absolute Gasteiger partial charge is 0.356 e. The Kier molecular flexibility index (Phi) is 6.01. The molecule has 0 aliphatic carbocycles. The Morgan fingerprint density at radius 1 is 1.53 bits per heavy atom. The highest BCUT2D eigenvalue weighted by molar-refractivity contribution is 6.30. The van der Waals surface area contributed by atoms with Crippen molar-refractivity contribution >= 4 is 17.5 Å². The van der Waals surface area contributed by atoms with Crippen LogP contribution in [0, 0.1) is 0 Å². The summed E-state index contributed by atoms with van der Waals surface area (Å²) in [6.07, 6.45) is 2.01. The van der Waals surface area contributed by atoms with Crippen LogP contribution < -0.4 is 11.1 Å². The minimum Gasteiger partial charge on any atom is -0.356 e. The summed E-state index contributed by atoms with van der Waals surface area (Å²) in [6.45, 7) is 2.54. The summed E-state index contributed by atoms with van der Waals surface area (Å²) in [5.41, 5.74) is 6.71. The van der Waals surface area contributed by atoms with E-state index < -0.39 is 0 Å². The predicted octanol–water partition coefficient (Wildman–Crippen LogP) is 2.13. The fourth-order valence-electron chi connectivity index (χ4n) is 1.49. The lowest BCUT2D eigenvalue weighted by atomic mass is 10.1. The Morgan fingerprint density at radius 3 is 2.94 bits per heavy atom. The smallest absolute Gasteiger partial charge is 0.220 e. The van der Waals surface area contributed by atoms with E-state index in [2.05, 4.69) is 5.32 Å². The number of hydrogen-bond acceptors (Lipinski definition) is 2. The Balaban J connectivity index is 2.21. The van der Waals surface area contributed by atoms with Gasteiger partial charge in [0.15, 0.2) is 0 Å². The van der Waals surface area contributed by atoms with Gasteiger partial charge in [0.1, 0.15) is 0 Å². The minimum atomic E-state index is 0.0596. The van der Waals surface area contributed by atoms with Crippen LogP contribution in [0.1, 0.15) is 25.3 Å². The second kappa shape index (κ2) is 7.30. The SMILES string of the molecule is CC(N)CCC(=O)NCCc1cccc(Cl)c1. The van der Waals surface area contributed by atoms with E-state index in [1.165, 1.54) is 0 Å². The van der Waals surface area contributed by atoms with Crippen molar-refractivity contribution in [2.75, 3.05) is 6.54 Å². The first-order chi connectivity index (χ1) is 8.08. The molecule has 17 heavy (non-hydrogen) atoms. The van der Waals surface area contributed by atoms with Gasteiger partial charge in [-0.2, -0.15) is 0 Å². The van der Waals surface area contributed by atoms with Gasteiger partial charge in [-0.1, -0.05) is 23.7 Å². The quantitative estimate of drug-likeness (QED) is 0.817. The average molecular weight is 255 g/mol. The van der Waals surface area contributed by atoms with Crippen LogP contribution in [0.4, 0.5) is 0 Å². The van der Waals surface area contributed by atoms with Gasteiger partial charge in [0.25, 0.3) is 0 Å². The number of rotatable bonds is 6. The number of amides is 1. The number of halogens is 1. The number of hydrogen-bond donors (Lipinski definition) is 2. The second-order valence-corrected chi connectivity index (χ2v) is 4.68. The number of carbonyl (C=O) groups is 1. The zero-order valence-corrected chi connectivity index (χ0v) is 10.8. The maximum atomic E-state index is 11.4. The molecule has 0 bridgehead atoms. The molecule has 3 nitrogen and oxygen atoms in total. The van der Waals surface area contributed by atoms with E-state index in [0.717, 1.165) is 23.4 Å². The molecule has 0 heterocycles. The first kappa shape index (κ1) is 14.0. The molecule has 0 saturated heterocycles. The van der Waals surface area contributed by atoms with Crippen molar-refractivity contribution in [1.82, 2.24) is 5.32 Å². The van der Waals surface area contributed by atoms with Gasteiger partial charge in [-0.25, -0.2) is 0 Å². The molecule has 3 N–H and O–H groups in total. The van der Waals surface area contributed by atoms with E-state index in [0.29, 0.717) is 13.0 Å². The normalized spacial score (nSPS) is 12.2. The fraction of sp³-hybridized carbons (Fsp3) is 0.462. The Morgan fingerprint density at radius 2 is 2.29 bits per heavy atom. The van der Waals surface area contributed by atoms with Crippen LogP contribution in [-0.4, -0.2) is 18.5 Å². The third-order valence-corrected chi connectivity index (χ3v) is 2.69. The molecule has 0 aromatic heterocycles. The van der Waals surface area contributed by atoms with Crippen molar-refractivity contribution in [2.24, 2.45) is 5.73 Å². The van der Waals surface area contributed by atoms with Gasteiger partial charge in [0.05, 0.1) is 0 Å². The fourth-order valence-corrected chi connectivity index (χ4v) is 1.70. The molecule has 1 aromatic rings.